The number of aromatic nitrogens is 4. The van der Waals surface area contributed by atoms with E-state index in [0.717, 1.165) is 60.7 Å². The van der Waals surface area contributed by atoms with Crippen molar-refractivity contribution in [1.29, 1.82) is 0 Å². The van der Waals surface area contributed by atoms with Gasteiger partial charge in [-0.15, -0.1) is 0 Å². The average molecular weight is 393 g/mol. The maximum Gasteiger partial charge on any atom is 0.241 e. The van der Waals surface area contributed by atoms with Crippen LogP contribution in [0.25, 0.3) is 5.69 Å². The van der Waals surface area contributed by atoms with Crippen molar-refractivity contribution in [2.24, 2.45) is 7.05 Å². The van der Waals surface area contributed by atoms with Crippen molar-refractivity contribution in [3.63, 3.8) is 0 Å². The molecule has 1 amide bonds. The fourth-order valence-electron chi connectivity index (χ4n) is 4.07. The second-order valence-electron chi connectivity index (χ2n) is 7.88. The molecular weight excluding hydrogens is 364 g/mol. The lowest BCUT2D eigenvalue weighted by atomic mass is 10.0. The SMILES string of the molecule is Cc1cc(C)n(-c2ccc(NC(=O)[C@@H]3CCCCN3Cc3cnn(C)c3)cc2)n1. The highest BCUT2D eigenvalue weighted by Gasteiger charge is 2.29. The zero-order chi connectivity index (χ0) is 20.4. The van der Waals surface area contributed by atoms with E-state index in [0.29, 0.717) is 0 Å². The number of carbonyl (C=O) groups is 1. The summed E-state index contributed by atoms with van der Waals surface area (Å²) in [5, 5.41) is 11.9. The molecule has 0 bridgehead atoms. The van der Waals surface area contributed by atoms with Crippen molar-refractivity contribution in [2.45, 2.75) is 45.7 Å². The summed E-state index contributed by atoms with van der Waals surface area (Å²) in [4.78, 5) is 15.3. The minimum absolute atomic E-state index is 0.0625. The molecule has 0 unspecified atom stereocenters. The molecule has 7 heteroatoms. The third-order valence-electron chi connectivity index (χ3n) is 5.45. The van der Waals surface area contributed by atoms with Gasteiger partial charge in [-0.25, -0.2) is 4.68 Å². The summed E-state index contributed by atoms with van der Waals surface area (Å²) in [7, 11) is 1.92. The number of likely N-dealkylation sites (tertiary alicyclic amines) is 1. The second-order valence-corrected chi connectivity index (χ2v) is 7.88. The summed E-state index contributed by atoms with van der Waals surface area (Å²) in [5.74, 6) is 0.0625. The van der Waals surface area contributed by atoms with Gasteiger partial charge in [0.25, 0.3) is 0 Å². The summed E-state index contributed by atoms with van der Waals surface area (Å²) in [6, 6.07) is 9.80. The first-order chi connectivity index (χ1) is 14.0. The smallest absolute Gasteiger partial charge is 0.241 e. The molecule has 2 aromatic heterocycles. The van der Waals surface area contributed by atoms with Crippen molar-refractivity contribution in [1.82, 2.24) is 24.5 Å². The van der Waals surface area contributed by atoms with E-state index in [1.165, 1.54) is 0 Å². The molecule has 1 aromatic carbocycles. The number of rotatable bonds is 5. The Hall–Kier alpha value is -2.93. The van der Waals surface area contributed by atoms with E-state index in [1.54, 1.807) is 4.68 Å². The molecular formula is C22H28N6O. The highest BCUT2D eigenvalue weighted by molar-refractivity contribution is 5.95. The van der Waals surface area contributed by atoms with Gasteiger partial charge in [0.2, 0.25) is 5.91 Å². The van der Waals surface area contributed by atoms with Gasteiger partial charge in [0.15, 0.2) is 0 Å². The molecule has 0 saturated carbocycles. The van der Waals surface area contributed by atoms with Gasteiger partial charge in [-0.1, -0.05) is 6.42 Å². The summed E-state index contributed by atoms with van der Waals surface area (Å²) in [6.45, 7) is 5.71. The summed E-state index contributed by atoms with van der Waals surface area (Å²) < 4.78 is 3.72. The fourth-order valence-corrected chi connectivity index (χ4v) is 4.07. The first-order valence-electron chi connectivity index (χ1n) is 10.2. The third kappa shape index (κ3) is 4.40. The molecule has 29 heavy (non-hydrogen) atoms. The molecule has 0 aliphatic carbocycles. The molecule has 0 spiro atoms. The monoisotopic (exact) mass is 392 g/mol. The van der Waals surface area contributed by atoms with Crippen LogP contribution in [0, 0.1) is 13.8 Å². The Balaban J connectivity index is 1.43. The third-order valence-corrected chi connectivity index (χ3v) is 5.45. The summed E-state index contributed by atoms with van der Waals surface area (Å²) >= 11 is 0. The Kier molecular flexibility index (Phi) is 5.49. The van der Waals surface area contributed by atoms with E-state index in [9.17, 15) is 4.79 Å². The van der Waals surface area contributed by atoms with Gasteiger partial charge in [-0.3, -0.25) is 14.4 Å². The number of benzene rings is 1. The summed E-state index contributed by atoms with van der Waals surface area (Å²) in [6.07, 6.45) is 6.98. The van der Waals surface area contributed by atoms with E-state index in [1.807, 2.05) is 62.2 Å². The first-order valence-corrected chi connectivity index (χ1v) is 10.2. The minimum Gasteiger partial charge on any atom is -0.325 e. The molecule has 3 aromatic rings. The van der Waals surface area contributed by atoms with Gasteiger partial charge in [0.1, 0.15) is 0 Å². The van der Waals surface area contributed by atoms with Gasteiger partial charge in [0, 0.05) is 36.7 Å². The molecule has 0 radical (unpaired) electrons. The Morgan fingerprint density at radius 3 is 2.66 bits per heavy atom. The largest absolute Gasteiger partial charge is 0.325 e. The van der Waals surface area contributed by atoms with Crippen LogP contribution in [-0.2, 0) is 18.4 Å². The Morgan fingerprint density at radius 2 is 2.00 bits per heavy atom. The van der Waals surface area contributed by atoms with Gasteiger partial charge in [-0.2, -0.15) is 10.2 Å². The van der Waals surface area contributed by atoms with E-state index in [-0.39, 0.29) is 11.9 Å². The van der Waals surface area contributed by atoms with Crippen LogP contribution >= 0.6 is 0 Å². The topological polar surface area (TPSA) is 68.0 Å². The molecule has 1 fully saturated rings. The molecule has 7 nitrogen and oxygen atoms in total. The Labute approximate surface area is 171 Å². The predicted molar refractivity (Wildman–Crippen MR) is 113 cm³/mol. The van der Waals surface area contributed by atoms with E-state index in [2.05, 4.69) is 26.5 Å². The van der Waals surface area contributed by atoms with Crippen LogP contribution in [0.1, 0.15) is 36.2 Å². The van der Waals surface area contributed by atoms with Gasteiger partial charge < -0.3 is 5.32 Å². The van der Waals surface area contributed by atoms with E-state index < -0.39 is 0 Å². The molecule has 152 valence electrons. The van der Waals surface area contributed by atoms with Gasteiger partial charge >= 0.3 is 0 Å². The zero-order valence-electron chi connectivity index (χ0n) is 17.3. The number of anilines is 1. The highest BCUT2D eigenvalue weighted by Crippen LogP contribution is 2.22. The molecule has 1 aliphatic rings. The van der Waals surface area contributed by atoms with Crippen molar-refractivity contribution < 1.29 is 4.79 Å². The lowest BCUT2D eigenvalue weighted by Gasteiger charge is -2.34. The number of hydrogen-bond acceptors (Lipinski definition) is 4. The maximum absolute atomic E-state index is 13.0. The van der Waals surface area contributed by atoms with Crippen LogP contribution in [0.4, 0.5) is 5.69 Å². The molecule has 1 saturated heterocycles. The van der Waals surface area contributed by atoms with Gasteiger partial charge in [0.05, 0.1) is 23.6 Å². The number of nitrogens with one attached hydrogen (secondary N) is 1. The number of nitrogens with zero attached hydrogens (tertiary/aromatic N) is 5. The molecule has 1 atom stereocenters. The first kappa shape index (κ1) is 19.4. The lowest BCUT2D eigenvalue weighted by molar-refractivity contribution is -0.122. The number of aryl methyl sites for hydroxylation is 3. The number of amides is 1. The van der Waals surface area contributed by atoms with Crippen LogP contribution < -0.4 is 5.32 Å². The van der Waals surface area contributed by atoms with E-state index >= 15 is 0 Å². The Bertz CT molecular complexity index is 987. The van der Waals surface area contributed by atoms with Crippen molar-refractivity contribution in [3.05, 3.63) is 59.7 Å². The molecule has 1 aliphatic heterocycles. The normalized spacial score (nSPS) is 17.4. The maximum atomic E-state index is 13.0. The fraction of sp³-hybridized carbons (Fsp3) is 0.409. The lowest BCUT2D eigenvalue weighted by Crippen LogP contribution is -2.46. The number of hydrogen-bond donors (Lipinski definition) is 1. The second kappa shape index (κ2) is 8.21. The average Bonchev–Trinajstić information content (AvgIpc) is 3.27. The van der Waals surface area contributed by atoms with E-state index in [4.69, 9.17) is 0 Å². The molecule has 3 heterocycles. The van der Waals surface area contributed by atoms with Crippen molar-refractivity contribution in [2.75, 3.05) is 11.9 Å². The van der Waals surface area contributed by atoms with Crippen LogP contribution in [0.5, 0.6) is 0 Å². The van der Waals surface area contributed by atoms with Crippen LogP contribution in [-0.4, -0.2) is 43.0 Å². The predicted octanol–water partition coefficient (Wildman–Crippen LogP) is 3.22. The van der Waals surface area contributed by atoms with Gasteiger partial charge in [-0.05, 0) is 63.6 Å². The van der Waals surface area contributed by atoms with Crippen LogP contribution in [0.3, 0.4) is 0 Å². The van der Waals surface area contributed by atoms with Crippen LogP contribution in [0.15, 0.2) is 42.7 Å². The number of piperidine rings is 1. The molecule has 1 N–H and O–H groups in total. The van der Waals surface area contributed by atoms with Crippen LogP contribution in [0.2, 0.25) is 0 Å². The standard InChI is InChI=1S/C22H28N6O/c1-16-12-17(2)28(25-16)20-9-7-19(8-10-20)24-22(29)21-6-4-5-11-27(21)15-18-13-23-26(3)14-18/h7-10,12-14,21H,4-6,11,15H2,1-3H3,(H,24,29)/t21-/m0/s1. The number of carbonyl (C=O) groups excluding carboxylic acids is 1. The zero-order valence-corrected chi connectivity index (χ0v) is 17.3. The quantitative estimate of drug-likeness (QED) is 0.724. The van der Waals surface area contributed by atoms with Crippen molar-refractivity contribution >= 4 is 11.6 Å². The Morgan fingerprint density at radius 1 is 1.21 bits per heavy atom. The van der Waals surface area contributed by atoms with Crippen molar-refractivity contribution in [3.8, 4) is 5.69 Å². The summed E-state index contributed by atoms with van der Waals surface area (Å²) in [5.41, 5.74) is 5.02. The molecule has 4 rings (SSSR count). The minimum atomic E-state index is -0.111. The highest BCUT2D eigenvalue weighted by atomic mass is 16.2.